The van der Waals surface area contributed by atoms with Crippen molar-refractivity contribution in [1.82, 2.24) is 20.1 Å². The molecule has 1 aromatic carbocycles. The summed E-state index contributed by atoms with van der Waals surface area (Å²) in [5.74, 6) is 1.89. The predicted molar refractivity (Wildman–Crippen MR) is 138 cm³/mol. The van der Waals surface area contributed by atoms with Crippen molar-refractivity contribution in [3.63, 3.8) is 0 Å². The number of aromatic amines is 1. The molecule has 2 saturated heterocycles. The van der Waals surface area contributed by atoms with E-state index in [2.05, 4.69) is 58.3 Å². The number of aliphatic imine (C=N–C) groups is 1. The molecular formula is C24H38IN5. The molecule has 6 heteroatoms. The molecule has 0 aliphatic carbocycles. The van der Waals surface area contributed by atoms with E-state index in [0.717, 1.165) is 44.5 Å². The summed E-state index contributed by atoms with van der Waals surface area (Å²) in [5, 5.41) is 4.87. The summed E-state index contributed by atoms with van der Waals surface area (Å²) in [4.78, 5) is 13.6. The Kier molecular flexibility index (Phi) is 8.86. The summed E-state index contributed by atoms with van der Waals surface area (Å²) in [5.41, 5.74) is 3.94. The fraction of sp³-hybridized carbons (Fsp3) is 0.625. The average molecular weight is 524 g/mol. The van der Waals surface area contributed by atoms with Crippen LogP contribution in [0.25, 0.3) is 10.9 Å². The maximum atomic E-state index is 4.98. The second-order valence-electron chi connectivity index (χ2n) is 8.76. The van der Waals surface area contributed by atoms with Gasteiger partial charge in [0.05, 0.1) is 0 Å². The Morgan fingerprint density at radius 1 is 1.20 bits per heavy atom. The number of aryl methyl sites for hydroxylation is 1. The van der Waals surface area contributed by atoms with Crippen molar-refractivity contribution < 1.29 is 0 Å². The minimum atomic E-state index is 0. The number of nitrogens with one attached hydrogen (secondary N) is 2. The van der Waals surface area contributed by atoms with Crippen molar-refractivity contribution in [2.24, 2.45) is 10.9 Å². The van der Waals surface area contributed by atoms with Gasteiger partial charge in [-0.3, -0.25) is 4.99 Å². The lowest BCUT2D eigenvalue weighted by molar-refractivity contribution is 0.198. The molecule has 1 unspecified atom stereocenters. The van der Waals surface area contributed by atoms with Gasteiger partial charge in [0.25, 0.3) is 0 Å². The van der Waals surface area contributed by atoms with Gasteiger partial charge in [0.15, 0.2) is 5.96 Å². The van der Waals surface area contributed by atoms with Crippen LogP contribution >= 0.6 is 24.0 Å². The third-order valence-electron chi connectivity index (χ3n) is 6.54. The molecule has 2 aliphatic rings. The minimum absolute atomic E-state index is 0. The lowest BCUT2D eigenvalue weighted by Gasteiger charge is -2.29. The Labute approximate surface area is 198 Å². The van der Waals surface area contributed by atoms with Crippen molar-refractivity contribution in [2.45, 2.75) is 46.0 Å². The molecule has 5 nitrogen and oxygen atoms in total. The zero-order chi connectivity index (χ0) is 20.1. The molecule has 30 heavy (non-hydrogen) atoms. The first-order valence-electron chi connectivity index (χ1n) is 11.6. The number of H-pyrrole nitrogens is 1. The third kappa shape index (κ3) is 5.69. The molecule has 2 aromatic rings. The van der Waals surface area contributed by atoms with Crippen LogP contribution in [0.2, 0.25) is 0 Å². The van der Waals surface area contributed by atoms with Gasteiger partial charge in [0.1, 0.15) is 0 Å². The summed E-state index contributed by atoms with van der Waals surface area (Å²) in [6, 6.07) is 6.53. The van der Waals surface area contributed by atoms with Gasteiger partial charge in [-0.25, -0.2) is 0 Å². The van der Waals surface area contributed by atoms with Gasteiger partial charge in [-0.05, 0) is 69.7 Å². The number of guanidine groups is 1. The van der Waals surface area contributed by atoms with Crippen LogP contribution in [0.15, 0.2) is 29.4 Å². The number of halogens is 1. The first kappa shape index (κ1) is 23.4. The van der Waals surface area contributed by atoms with E-state index in [9.17, 15) is 0 Å². The van der Waals surface area contributed by atoms with E-state index in [0.29, 0.717) is 0 Å². The van der Waals surface area contributed by atoms with Crippen LogP contribution in [0.1, 0.15) is 43.7 Å². The Balaban J connectivity index is 0.00000256. The zero-order valence-corrected chi connectivity index (χ0v) is 21.0. The molecule has 0 spiro atoms. The van der Waals surface area contributed by atoms with Crippen LogP contribution in [0.3, 0.4) is 0 Å². The van der Waals surface area contributed by atoms with Gasteiger partial charge in [0, 0.05) is 49.8 Å². The van der Waals surface area contributed by atoms with Crippen LogP contribution in [-0.4, -0.2) is 66.6 Å². The fourth-order valence-electron chi connectivity index (χ4n) is 4.96. The quantitative estimate of drug-likeness (QED) is 0.335. The van der Waals surface area contributed by atoms with E-state index >= 15 is 0 Å². The van der Waals surface area contributed by atoms with Crippen LogP contribution in [0, 0.1) is 12.8 Å². The van der Waals surface area contributed by atoms with Crippen molar-refractivity contribution >= 4 is 40.8 Å². The summed E-state index contributed by atoms with van der Waals surface area (Å²) in [6.07, 6.45) is 8.61. The molecule has 0 saturated carbocycles. The highest BCUT2D eigenvalue weighted by atomic mass is 127. The molecule has 166 valence electrons. The van der Waals surface area contributed by atoms with Crippen LogP contribution in [0.5, 0.6) is 0 Å². The molecule has 0 radical (unpaired) electrons. The number of para-hydroxylation sites is 1. The highest BCUT2D eigenvalue weighted by Crippen LogP contribution is 2.22. The van der Waals surface area contributed by atoms with Crippen LogP contribution < -0.4 is 5.32 Å². The van der Waals surface area contributed by atoms with Gasteiger partial charge in [-0.2, -0.15) is 0 Å². The van der Waals surface area contributed by atoms with E-state index < -0.39 is 0 Å². The SMILES string of the molecule is CCNC(=NCCc1c[nH]c2c(C)cccc12)N1CCC(CN2CCCCC2)C1.I. The molecule has 0 bridgehead atoms. The van der Waals surface area contributed by atoms with Gasteiger partial charge >= 0.3 is 0 Å². The normalized spacial score (nSPS) is 20.5. The summed E-state index contributed by atoms with van der Waals surface area (Å²) in [7, 11) is 0. The second-order valence-corrected chi connectivity index (χ2v) is 8.76. The largest absolute Gasteiger partial charge is 0.361 e. The van der Waals surface area contributed by atoms with E-state index in [-0.39, 0.29) is 24.0 Å². The van der Waals surface area contributed by atoms with E-state index in [1.165, 1.54) is 67.3 Å². The van der Waals surface area contributed by atoms with E-state index in [1.54, 1.807) is 0 Å². The van der Waals surface area contributed by atoms with Gasteiger partial charge in [0.2, 0.25) is 0 Å². The second kappa shape index (κ2) is 11.4. The predicted octanol–water partition coefficient (Wildman–Crippen LogP) is 4.41. The Hall–Kier alpha value is -1.28. The standard InChI is InChI=1S/C24H37N5.HI/c1-3-25-24(29-15-11-20(18-29)17-28-13-5-4-6-14-28)26-12-10-21-16-27-23-19(2)8-7-9-22(21)23;/h7-9,16,20,27H,3-6,10-15,17-18H2,1-2H3,(H,25,26);1H. The highest BCUT2D eigenvalue weighted by Gasteiger charge is 2.26. The van der Waals surface area contributed by atoms with E-state index in [4.69, 9.17) is 4.99 Å². The molecule has 2 N–H and O–H groups in total. The minimum Gasteiger partial charge on any atom is -0.361 e. The highest BCUT2D eigenvalue weighted by molar-refractivity contribution is 14.0. The molecular weight excluding hydrogens is 485 g/mol. The lowest BCUT2D eigenvalue weighted by Crippen LogP contribution is -2.41. The smallest absolute Gasteiger partial charge is 0.193 e. The first-order valence-corrected chi connectivity index (χ1v) is 11.6. The topological polar surface area (TPSA) is 46.7 Å². The Morgan fingerprint density at radius 3 is 2.83 bits per heavy atom. The monoisotopic (exact) mass is 523 g/mol. The summed E-state index contributed by atoms with van der Waals surface area (Å²) < 4.78 is 0. The number of piperidine rings is 1. The number of benzene rings is 1. The number of hydrogen-bond donors (Lipinski definition) is 2. The van der Waals surface area contributed by atoms with Gasteiger partial charge in [-0.1, -0.05) is 24.6 Å². The van der Waals surface area contributed by atoms with Crippen molar-refractivity contribution in [1.29, 1.82) is 0 Å². The zero-order valence-electron chi connectivity index (χ0n) is 18.6. The fourth-order valence-corrected chi connectivity index (χ4v) is 4.96. The lowest BCUT2D eigenvalue weighted by atomic mass is 10.1. The number of aromatic nitrogens is 1. The maximum Gasteiger partial charge on any atom is 0.193 e. The van der Waals surface area contributed by atoms with Crippen molar-refractivity contribution in [3.8, 4) is 0 Å². The molecule has 0 amide bonds. The maximum absolute atomic E-state index is 4.98. The van der Waals surface area contributed by atoms with Gasteiger partial charge < -0.3 is 20.1 Å². The van der Waals surface area contributed by atoms with Crippen molar-refractivity contribution in [2.75, 3.05) is 45.8 Å². The number of likely N-dealkylation sites (tertiary alicyclic amines) is 2. The number of rotatable bonds is 6. The average Bonchev–Trinajstić information content (AvgIpc) is 3.36. The molecule has 2 aliphatic heterocycles. The van der Waals surface area contributed by atoms with Crippen molar-refractivity contribution in [3.05, 3.63) is 35.5 Å². The summed E-state index contributed by atoms with van der Waals surface area (Å²) >= 11 is 0. The van der Waals surface area contributed by atoms with Crippen LogP contribution in [0.4, 0.5) is 0 Å². The molecule has 4 rings (SSSR count). The molecule has 1 atom stereocenters. The number of hydrogen-bond acceptors (Lipinski definition) is 2. The summed E-state index contributed by atoms with van der Waals surface area (Å²) in [6.45, 7) is 12.2. The molecule has 1 aromatic heterocycles. The van der Waals surface area contributed by atoms with Crippen LogP contribution in [-0.2, 0) is 6.42 Å². The Morgan fingerprint density at radius 2 is 2.03 bits per heavy atom. The first-order chi connectivity index (χ1) is 14.2. The number of fused-ring (bicyclic) bond motifs is 1. The third-order valence-corrected chi connectivity index (χ3v) is 6.54. The number of nitrogens with zero attached hydrogens (tertiary/aromatic N) is 3. The molecule has 2 fully saturated rings. The van der Waals surface area contributed by atoms with Gasteiger partial charge in [-0.15, -0.1) is 24.0 Å². The molecule has 3 heterocycles. The Bertz CT molecular complexity index is 824. The van der Waals surface area contributed by atoms with E-state index in [1.807, 2.05) is 0 Å².